The molecule has 0 bridgehead atoms. The summed E-state index contributed by atoms with van der Waals surface area (Å²) in [6.45, 7) is 6.83. The Bertz CT molecular complexity index is 182. The molecule has 0 N–H and O–H groups in total. The predicted octanol–water partition coefficient (Wildman–Crippen LogP) is 2.31. The van der Waals surface area contributed by atoms with E-state index in [0.717, 1.165) is 0 Å². The van der Waals surface area contributed by atoms with Crippen LogP contribution in [0.3, 0.4) is 0 Å². The van der Waals surface area contributed by atoms with Gasteiger partial charge in [-0.15, -0.1) is 0 Å². The predicted molar refractivity (Wildman–Crippen MR) is 43.9 cm³/mol. The average Bonchev–Trinajstić information content (AvgIpc) is 1.82. The standard InChI is InChI=1S/C7H8O2S/c1-3-4-5-6(2)9-7(8)10/h3-5H,1-2H2,(H,8,10)/b5-4-. The van der Waals surface area contributed by atoms with E-state index >= 15 is 0 Å². The van der Waals surface area contributed by atoms with Crippen LogP contribution in [0.25, 0.3) is 0 Å². The third kappa shape index (κ3) is 5.18. The van der Waals surface area contributed by atoms with Gasteiger partial charge in [0.1, 0.15) is 5.76 Å². The number of hydrogen-bond acceptors (Lipinski definition) is 2. The molecule has 0 aliphatic rings. The zero-order chi connectivity index (χ0) is 7.98. The lowest BCUT2D eigenvalue weighted by Crippen LogP contribution is -1.89. The first-order chi connectivity index (χ1) is 4.66. The molecule has 0 unspecified atom stereocenters. The lowest BCUT2D eigenvalue weighted by atomic mass is 10.4. The third-order valence-corrected chi connectivity index (χ3v) is 0.728. The molecule has 0 radical (unpaired) electrons. The molecule has 0 aromatic carbocycles. The zero-order valence-corrected chi connectivity index (χ0v) is 6.30. The molecule has 0 rings (SSSR count). The van der Waals surface area contributed by atoms with Crippen molar-refractivity contribution in [3.8, 4) is 0 Å². The van der Waals surface area contributed by atoms with Gasteiger partial charge in [0, 0.05) is 0 Å². The van der Waals surface area contributed by atoms with E-state index in [1.165, 1.54) is 6.08 Å². The molecule has 0 aromatic heterocycles. The zero-order valence-electron chi connectivity index (χ0n) is 5.41. The van der Waals surface area contributed by atoms with Crippen molar-refractivity contribution in [2.24, 2.45) is 0 Å². The lowest BCUT2D eigenvalue weighted by Gasteiger charge is -1.95. The van der Waals surface area contributed by atoms with Crippen molar-refractivity contribution in [3.05, 3.63) is 37.1 Å². The van der Waals surface area contributed by atoms with Crippen molar-refractivity contribution in [2.75, 3.05) is 0 Å². The van der Waals surface area contributed by atoms with Gasteiger partial charge in [-0.2, -0.15) is 0 Å². The van der Waals surface area contributed by atoms with Gasteiger partial charge in [0.15, 0.2) is 0 Å². The number of thiol groups is 1. The van der Waals surface area contributed by atoms with Crippen LogP contribution in [0, 0.1) is 0 Å². The summed E-state index contributed by atoms with van der Waals surface area (Å²) < 4.78 is 4.45. The van der Waals surface area contributed by atoms with Crippen LogP contribution in [0.2, 0.25) is 0 Å². The van der Waals surface area contributed by atoms with Gasteiger partial charge >= 0.3 is 5.30 Å². The Morgan fingerprint density at radius 3 is 2.60 bits per heavy atom. The highest BCUT2D eigenvalue weighted by atomic mass is 32.1. The summed E-state index contributed by atoms with van der Waals surface area (Å²) in [6.07, 6.45) is 4.68. The molecule has 2 nitrogen and oxygen atoms in total. The summed E-state index contributed by atoms with van der Waals surface area (Å²) >= 11 is 3.38. The first-order valence-electron chi connectivity index (χ1n) is 2.55. The molecular weight excluding hydrogens is 148 g/mol. The molecule has 0 saturated carbocycles. The number of carbonyl (C=O) groups excluding carboxylic acids is 1. The van der Waals surface area contributed by atoms with Gasteiger partial charge in [0.2, 0.25) is 0 Å². The number of hydrogen-bond donors (Lipinski definition) is 1. The second-order valence-electron chi connectivity index (χ2n) is 1.43. The number of carbonyl (C=O) groups is 1. The molecule has 0 aliphatic heterocycles. The van der Waals surface area contributed by atoms with E-state index < -0.39 is 5.30 Å². The SMILES string of the molecule is C=C/C=C\C(=C)OC(=O)S. The average molecular weight is 156 g/mol. The van der Waals surface area contributed by atoms with Gasteiger partial charge in [0.25, 0.3) is 0 Å². The van der Waals surface area contributed by atoms with Crippen molar-refractivity contribution < 1.29 is 9.53 Å². The quantitative estimate of drug-likeness (QED) is 0.294. The van der Waals surface area contributed by atoms with Crippen LogP contribution in [0.4, 0.5) is 4.79 Å². The van der Waals surface area contributed by atoms with Gasteiger partial charge in [-0.1, -0.05) is 37.9 Å². The lowest BCUT2D eigenvalue weighted by molar-refractivity contribution is 0.208. The van der Waals surface area contributed by atoms with E-state index in [1.54, 1.807) is 12.2 Å². The Labute approximate surface area is 65.3 Å². The van der Waals surface area contributed by atoms with E-state index in [1.807, 2.05) is 0 Å². The fraction of sp³-hybridized carbons (Fsp3) is 0. The van der Waals surface area contributed by atoms with Crippen LogP contribution in [0.1, 0.15) is 0 Å². The largest absolute Gasteiger partial charge is 0.419 e. The van der Waals surface area contributed by atoms with Crippen LogP contribution in [-0.4, -0.2) is 5.30 Å². The third-order valence-electron chi connectivity index (χ3n) is 0.637. The molecule has 0 fully saturated rings. The molecule has 10 heavy (non-hydrogen) atoms. The van der Waals surface area contributed by atoms with Crippen LogP contribution < -0.4 is 0 Å². The van der Waals surface area contributed by atoms with Crippen LogP contribution in [0.5, 0.6) is 0 Å². The van der Waals surface area contributed by atoms with E-state index in [-0.39, 0.29) is 5.76 Å². The molecular formula is C7H8O2S. The van der Waals surface area contributed by atoms with Crippen LogP contribution >= 0.6 is 12.6 Å². The fourth-order valence-electron chi connectivity index (χ4n) is 0.322. The Morgan fingerprint density at radius 2 is 2.20 bits per heavy atom. The summed E-state index contributed by atoms with van der Waals surface area (Å²) in [7, 11) is 0. The van der Waals surface area contributed by atoms with Crippen molar-refractivity contribution in [1.82, 2.24) is 0 Å². The summed E-state index contributed by atoms with van der Waals surface area (Å²) in [4.78, 5) is 10.1. The van der Waals surface area contributed by atoms with Crippen molar-refractivity contribution in [3.63, 3.8) is 0 Å². The summed E-state index contributed by atoms with van der Waals surface area (Å²) in [5.74, 6) is 0.250. The first kappa shape index (κ1) is 9.04. The minimum atomic E-state index is -0.668. The van der Waals surface area contributed by atoms with Crippen LogP contribution in [0.15, 0.2) is 37.1 Å². The fourth-order valence-corrected chi connectivity index (χ4v) is 0.439. The smallest absolute Gasteiger partial charge is 0.369 e. The minimum Gasteiger partial charge on any atom is -0.419 e. The summed E-state index contributed by atoms with van der Waals surface area (Å²) in [5, 5.41) is -0.668. The molecule has 0 amide bonds. The highest BCUT2D eigenvalue weighted by Gasteiger charge is 1.92. The molecule has 54 valence electrons. The van der Waals surface area contributed by atoms with E-state index in [0.29, 0.717) is 0 Å². The first-order valence-corrected chi connectivity index (χ1v) is 3.00. The molecule has 0 saturated heterocycles. The topological polar surface area (TPSA) is 26.3 Å². The number of rotatable bonds is 3. The van der Waals surface area contributed by atoms with Gasteiger partial charge < -0.3 is 4.74 Å². The Kier molecular flexibility index (Phi) is 4.41. The maximum absolute atomic E-state index is 10.1. The van der Waals surface area contributed by atoms with Gasteiger partial charge in [-0.05, 0) is 6.08 Å². The minimum absolute atomic E-state index is 0.250. The maximum atomic E-state index is 10.1. The second kappa shape index (κ2) is 4.88. The van der Waals surface area contributed by atoms with Gasteiger partial charge in [-0.25, -0.2) is 4.79 Å². The molecule has 0 aromatic rings. The monoisotopic (exact) mass is 156 g/mol. The van der Waals surface area contributed by atoms with E-state index in [4.69, 9.17) is 0 Å². The number of ether oxygens (including phenoxy) is 1. The highest BCUT2D eigenvalue weighted by molar-refractivity contribution is 7.96. The molecule has 0 aliphatic carbocycles. The molecule has 3 heteroatoms. The summed E-state index contributed by atoms with van der Waals surface area (Å²) in [6, 6.07) is 0. The molecule has 0 spiro atoms. The second-order valence-corrected chi connectivity index (χ2v) is 1.79. The maximum Gasteiger partial charge on any atom is 0.369 e. The normalized spacial score (nSPS) is 9.30. The van der Waals surface area contributed by atoms with Gasteiger partial charge in [-0.3, -0.25) is 0 Å². The summed E-state index contributed by atoms with van der Waals surface area (Å²) in [5.41, 5.74) is 0. The van der Waals surface area contributed by atoms with Crippen molar-refractivity contribution in [1.29, 1.82) is 0 Å². The highest BCUT2D eigenvalue weighted by Crippen LogP contribution is 1.98. The molecule has 0 atom stereocenters. The van der Waals surface area contributed by atoms with E-state index in [9.17, 15) is 4.79 Å². The Morgan fingerprint density at radius 1 is 1.60 bits per heavy atom. The van der Waals surface area contributed by atoms with Gasteiger partial charge in [0.05, 0.1) is 0 Å². The Hall–Kier alpha value is -0.960. The molecule has 0 heterocycles. The van der Waals surface area contributed by atoms with E-state index in [2.05, 4.69) is 30.5 Å². The van der Waals surface area contributed by atoms with Crippen LogP contribution in [-0.2, 0) is 4.74 Å². The number of allylic oxidation sites excluding steroid dienone is 3. The Balaban J connectivity index is 3.75. The van der Waals surface area contributed by atoms with Crippen molar-refractivity contribution >= 4 is 17.9 Å². The van der Waals surface area contributed by atoms with Crippen molar-refractivity contribution in [2.45, 2.75) is 0 Å².